The van der Waals surface area contributed by atoms with Gasteiger partial charge >= 0.3 is 0 Å². The van der Waals surface area contributed by atoms with Crippen LogP contribution in [0.1, 0.15) is 37.8 Å². The van der Waals surface area contributed by atoms with Crippen LogP contribution in [0, 0.1) is 17.8 Å². The normalized spacial score (nSPS) is 9.89. The number of carbonyl (C=O) groups excluding carboxylic acids is 1. The summed E-state index contributed by atoms with van der Waals surface area (Å²) < 4.78 is 0. The average Bonchev–Trinajstić information content (AvgIpc) is 2.45. The van der Waals surface area contributed by atoms with Crippen LogP contribution >= 0.6 is 0 Å². The lowest BCUT2D eigenvalue weighted by Crippen LogP contribution is -2.29. The van der Waals surface area contributed by atoms with Crippen molar-refractivity contribution >= 4 is 5.91 Å². The lowest BCUT2D eigenvalue weighted by Gasteiger charge is -2.13. The molecule has 0 saturated heterocycles. The predicted molar refractivity (Wildman–Crippen MR) is 76.3 cm³/mol. The van der Waals surface area contributed by atoms with E-state index in [2.05, 4.69) is 17.2 Å². The zero-order valence-corrected chi connectivity index (χ0v) is 11.6. The molecular formula is C16H21NO2. The Morgan fingerprint density at radius 2 is 2.00 bits per heavy atom. The van der Waals surface area contributed by atoms with E-state index in [1.165, 1.54) is 0 Å². The minimum absolute atomic E-state index is 0.0793. The van der Waals surface area contributed by atoms with E-state index in [1.807, 2.05) is 38.1 Å². The molecule has 0 heterocycles. The van der Waals surface area contributed by atoms with Gasteiger partial charge in [0.25, 0.3) is 0 Å². The van der Waals surface area contributed by atoms with Crippen molar-refractivity contribution in [2.24, 2.45) is 5.92 Å². The molecule has 1 aromatic rings. The largest absolute Gasteiger partial charge is 0.384 e. The van der Waals surface area contributed by atoms with Crippen molar-refractivity contribution in [1.82, 2.24) is 5.32 Å². The third-order valence-corrected chi connectivity index (χ3v) is 3.13. The Bertz CT molecular complexity index is 467. The number of carbonyl (C=O) groups is 1. The summed E-state index contributed by atoms with van der Waals surface area (Å²) in [6.45, 7) is 4.36. The van der Waals surface area contributed by atoms with Gasteiger partial charge in [0.15, 0.2) is 0 Å². The molecule has 19 heavy (non-hydrogen) atoms. The second-order valence-electron chi connectivity index (χ2n) is 4.35. The number of rotatable bonds is 5. The van der Waals surface area contributed by atoms with Gasteiger partial charge in [-0.05, 0) is 24.5 Å². The summed E-state index contributed by atoms with van der Waals surface area (Å²) in [7, 11) is 0. The van der Waals surface area contributed by atoms with Crippen molar-refractivity contribution in [3.05, 3.63) is 35.4 Å². The minimum Gasteiger partial charge on any atom is -0.384 e. The average molecular weight is 259 g/mol. The molecule has 0 radical (unpaired) electrons. The molecule has 0 aliphatic rings. The molecule has 0 atom stereocenters. The maximum absolute atomic E-state index is 11.9. The fourth-order valence-electron chi connectivity index (χ4n) is 1.92. The van der Waals surface area contributed by atoms with Gasteiger partial charge < -0.3 is 10.4 Å². The Kier molecular flexibility index (Phi) is 6.70. The van der Waals surface area contributed by atoms with Crippen molar-refractivity contribution < 1.29 is 9.90 Å². The molecule has 1 rings (SSSR count). The number of nitrogens with one attached hydrogen (secondary N) is 1. The minimum atomic E-state index is -0.158. The molecule has 0 spiro atoms. The SMILES string of the molecule is CCC(CC)C(=O)NCc1ccccc1C#CCO. The highest BCUT2D eigenvalue weighted by molar-refractivity contribution is 5.78. The first kappa shape index (κ1) is 15.3. The van der Waals surface area contributed by atoms with Crippen molar-refractivity contribution in [3.63, 3.8) is 0 Å². The van der Waals surface area contributed by atoms with Crippen LogP contribution in [0.2, 0.25) is 0 Å². The van der Waals surface area contributed by atoms with E-state index in [0.29, 0.717) is 6.54 Å². The van der Waals surface area contributed by atoms with Gasteiger partial charge in [-0.1, -0.05) is 43.9 Å². The molecule has 0 aliphatic carbocycles. The smallest absolute Gasteiger partial charge is 0.223 e. The number of aliphatic hydroxyl groups excluding tert-OH is 1. The predicted octanol–water partition coefficient (Wildman–Crippen LogP) is 2.08. The van der Waals surface area contributed by atoms with Gasteiger partial charge in [-0.15, -0.1) is 0 Å². The first-order chi connectivity index (χ1) is 9.22. The van der Waals surface area contributed by atoms with Crippen LogP contribution in [0.15, 0.2) is 24.3 Å². The van der Waals surface area contributed by atoms with Gasteiger partial charge in [-0.2, -0.15) is 0 Å². The van der Waals surface area contributed by atoms with Crippen molar-refractivity contribution in [2.75, 3.05) is 6.61 Å². The summed E-state index contributed by atoms with van der Waals surface area (Å²) in [6, 6.07) is 7.65. The van der Waals surface area contributed by atoms with Crippen LogP contribution in [0.25, 0.3) is 0 Å². The number of hydrogen-bond donors (Lipinski definition) is 2. The summed E-state index contributed by atoms with van der Waals surface area (Å²) in [5, 5.41) is 11.7. The third-order valence-electron chi connectivity index (χ3n) is 3.13. The van der Waals surface area contributed by atoms with Gasteiger partial charge in [0, 0.05) is 18.0 Å². The summed E-state index contributed by atoms with van der Waals surface area (Å²) in [5.74, 6) is 5.69. The Hall–Kier alpha value is -1.79. The van der Waals surface area contributed by atoms with Gasteiger partial charge in [0.1, 0.15) is 6.61 Å². The first-order valence-corrected chi connectivity index (χ1v) is 6.68. The van der Waals surface area contributed by atoms with Crippen LogP contribution in [0.4, 0.5) is 0 Å². The second-order valence-corrected chi connectivity index (χ2v) is 4.35. The molecule has 0 saturated carbocycles. The molecule has 0 bridgehead atoms. The number of aliphatic hydroxyl groups is 1. The van der Waals surface area contributed by atoms with E-state index < -0.39 is 0 Å². The number of hydrogen-bond acceptors (Lipinski definition) is 2. The Balaban J connectivity index is 2.70. The molecule has 1 aromatic carbocycles. The Morgan fingerprint density at radius 3 is 2.63 bits per heavy atom. The first-order valence-electron chi connectivity index (χ1n) is 6.68. The van der Waals surface area contributed by atoms with Gasteiger partial charge in [-0.3, -0.25) is 4.79 Å². The van der Waals surface area contributed by atoms with Crippen LogP contribution in [0.3, 0.4) is 0 Å². The summed E-state index contributed by atoms with van der Waals surface area (Å²) in [5.41, 5.74) is 1.82. The third kappa shape index (κ3) is 4.76. The van der Waals surface area contributed by atoms with E-state index in [-0.39, 0.29) is 18.4 Å². The molecule has 0 aromatic heterocycles. The summed E-state index contributed by atoms with van der Waals surface area (Å²) in [6.07, 6.45) is 1.71. The van der Waals surface area contributed by atoms with Crippen LogP contribution in [-0.4, -0.2) is 17.6 Å². The van der Waals surface area contributed by atoms with Gasteiger partial charge in [0.05, 0.1) is 0 Å². The highest BCUT2D eigenvalue weighted by atomic mass is 16.2. The quantitative estimate of drug-likeness (QED) is 0.795. The molecule has 0 aliphatic heterocycles. The maximum atomic E-state index is 11.9. The van der Waals surface area contributed by atoms with Gasteiger partial charge in [0.2, 0.25) is 5.91 Å². The van der Waals surface area contributed by atoms with Crippen LogP contribution in [0.5, 0.6) is 0 Å². The number of amides is 1. The fraction of sp³-hybridized carbons (Fsp3) is 0.438. The molecule has 2 N–H and O–H groups in total. The molecule has 3 nitrogen and oxygen atoms in total. The second kappa shape index (κ2) is 8.34. The topological polar surface area (TPSA) is 49.3 Å². The zero-order valence-electron chi connectivity index (χ0n) is 11.6. The maximum Gasteiger partial charge on any atom is 0.223 e. The fourth-order valence-corrected chi connectivity index (χ4v) is 1.92. The lowest BCUT2D eigenvalue weighted by atomic mass is 10.0. The molecule has 3 heteroatoms. The highest BCUT2D eigenvalue weighted by Gasteiger charge is 2.13. The van der Waals surface area contributed by atoms with Crippen LogP contribution < -0.4 is 5.32 Å². The van der Waals surface area contributed by atoms with E-state index in [0.717, 1.165) is 24.0 Å². The molecular weight excluding hydrogens is 238 g/mol. The van der Waals surface area contributed by atoms with Gasteiger partial charge in [-0.25, -0.2) is 0 Å². The lowest BCUT2D eigenvalue weighted by molar-refractivity contribution is -0.125. The van der Waals surface area contributed by atoms with Crippen molar-refractivity contribution in [3.8, 4) is 11.8 Å². The highest BCUT2D eigenvalue weighted by Crippen LogP contribution is 2.10. The van der Waals surface area contributed by atoms with E-state index in [1.54, 1.807) is 0 Å². The Labute approximate surface area is 115 Å². The molecule has 0 fully saturated rings. The molecule has 0 unspecified atom stereocenters. The van der Waals surface area contributed by atoms with Crippen LogP contribution in [-0.2, 0) is 11.3 Å². The molecule has 102 valence electrons. The standard InChI is InChI=1S/C16H21NO2/c1-3-13(4-2)16(19)17-12-15-9-6-5-8-14(15)10-7-11-18/h5-6,8-9,13,18H,3-4,11-12H2,1-2H3,(H,17,19). The molecule has 1 amide bonds. The summed E-state index contributed by atoms with van der Waals surface area (Å²) >= 11 is 0. The van der Waals surface area contributed by atoms with E-state index >= 15 is 0 Å². The van der Waals surface area contributed by atoms with E-state index in [9.17, 15) is 4.79 Å². The van der Waals surface area contributed by atoms with Crippen molar-refractivity contribution in [1.29, 1.82) is 0 Å². The Morgan fingerprint density at radius 1 is 1.32 bits per heavy atom. The van der Waals surface area contributed by atoms with E-state index in [4.69, 9.17) is 5.11 Å². The summed E-state index contributed by atoms with van der Waals surface area (Å²) in [4.78, 5) is 11.9. The monoisotopic (exact) mass is 259 g/mol. The van der Waals surface area contributed by atoms with Crippen molar-refractivity contribution in [2.45, 2.75) is 33.2 Å². The number of benzene rings is 1. The zero-order chi connectivity index (χ0) is 14.1.